The lowest BCUT2D eigenvalue weighted by Crippen LogP contribution is -2.28. The number of rotatable bonds is 15. The highest BCUT2D eigenvalue weighted by Crippen LogP contribution is 2.27. The number of nitrogens with one attached hydrogen (secondary N) is 1. The maximum Gasteiger partial charge on any atom is 0.211 e. The number of unbranched alkanes of at least 4 members (excludes halogenated alkanes) is 1. The van der Waals surface area contributed by atoms with Gasteiger partial charge in [0.05, 0.1) is 5.69 Å². The zero-order valence-corrected chi connectivity index (χ0v) is 19.7. The topological polar surface area (TPSA) is 41.6 Å². The number of carbonyl (C=O) groups is 1. The van der Waals surface area contributed by atoms with Gasteiger partial charge in [-0.2, -0.15) is 0 Å². The lowest BCUT2D eigenvalue weighted by Gasteiger charge is -2.22. The van der Waals surface area contributed by atoms with Crippen molar-refractivity contribution in [3.05, 3.63) is 95.6 Å². The van der Waals surface area contributed by atoms with Crippen molar-refractivity contribution in [2.75, 3.05) is 25.0 Å². The molecule has 0 fully saturated rings. The molecule has 0 aromatic heterocycles. The molecule has 0 spiro atoms. The van der Waals surface area contributed by atoms with Crippen LogP contribution in [0.25, 0.3) is 0 Å². The van der Waals surface area contributed by atoms with Crippen LogP contribution in [-0.4, -0.2) is 30.9 Å². The molecule has 0 saturated carbocycles. The van der Waals surface area contributed by atoms with Crippen LogP contribution >= 0.6 is 0 Å². The van der Waals surface area contributed by atoms with E-state index >= 15 is 0 Å². The molecule has 0 unspecified atom stereocenters. The SMILES string of the molecule is CCCN(CCCCc1ccccc1)CCc1ccc(OCc2ccccc2)c(NC=O)c1. The number of benzene rings is 3. The second-order valence-corrected chi connectivity index (χ2v) is 8.40. The normalized spacial score (nSPS) is 10.8. The lowest BCUT2D eigenvalue weighted by molar-refractivity contribution is -0.105. The minimum Gasteiger partial charge on any atom is -0.487 e. The smallest absolute Gasteiger partial charge is 0.211 e. The molecule has 0 atom stereocenters. The highest BCUT2D eigenvalue weighted by atomic mass is 16.5. The van der Waals surface area contributed by atoms with Crippen molar-refractivity contribution in [1.82, 2.24) is 4.90 Å². The number of aryl methyl sites for hydroxylation is 1. The summed E-state index contributed by atoms with van der Waals surface area (Å²) in [4.78, 5) is 13.7. The van der Waals surface area contributed by atoms with Gasteiger partial charge in [0, 0.05) is 6.54 Å². The van der Waals surface area contributed by atoms with E-state index < -0.39 is 0 Å². The van der Waals surface area contributed by atoms with Gasteiger partial charge in [0.2, 0.25) is 6.41 Å². The van der Waals surface area contributed by atoms with Gasteiger partial charge >= 0.3 is 0 Å². The van der Waals surface area contributed by atoms with E-state index in [4.69, 9.17) is 4.74 Å². The molecule has 4 heteroatoms. The van der Waals surface area contributed by atoms with Crippen molar-refractivity contribution in [2.24, 2.45) is 0 Å². The Bertz CT molecular complexity index is 944. The van der Waals surface area contributed by atoms with E-state index in [1.165, 1.54) is 24.0 Å². The summed E-state index contributed by atoms with van der Waals surface area (Å²) in [6.07, 6.45) is 6.38. The first-order valence-electron chi connectivity index (χ1n) is 12.0. The van der Waals surface area contributed by atoms with Gasteiger partial charge in [0.1, 0.15) is 12.4 Å². The maximum atomic E-state index is 11.1. The molecule has 0 heterocycles. The third kappa shape index (κ3) is 8.74. The zero-order valence-electron chi connectivity index (χ0n) is 19.7. The molecule has 0 aliphatic heterocycles. The molecular weight excluding hydrogens is 408 g/mol. The van der Waals surface area contributed by atoms with Crippen LogP contribution in [0.3, 0.4) is 0 Å². The fourth-order valence-corrected chi connectivity index (χ4v) is 4.02. The van der Waals surface area contributed by atoms with Crippen molar-refractivity contribution >= 4 is 12.1 Å². The van der Waals surface area contributed by atoms with E-state index in [0.717, 1.165) is 50.1 Å². The van der Waals surface area contributed by atoms with Crippen molar-refractivity contribution < 1.29 is 9.53 Å². The summed E-state index contributed by atoms with van der Waals surface area (Å²) in [5, 5.41) is 2.80. The Hall–Kier alpha value is -3.11. The third-order valence-electron chi connectivity index (χ3n) is 5.78. The number of ether oxygens (including phenoxy) is 1. The summed E-state index contributed by atoms with van der Waals surface area (Å²) in [5.74, 6) is 0.695. The summed E-state index contributed by atoms with van der Waals surface area (Å²) >= 11 is 0. The van der Waals surface area contributed by atoms with E-state index in [1.807, 2.05) is 42.5 Å². The number of carbonyl (C=O) groups excluding carboxylic acids is 1. The monoisotopic (exact) mass is 444 g/mol. The van der Waals surface area contributed by atoms with Crippen LogP contribution < -0.4 is 10.1 Å². The van der Waals surface area contributed by atoms with E-state index in [9.17, 15) is 4.79 Å². The predicted molar refractivity (Wildman–Crippen MR) is 137 cm³/mol. The molecule has 33 heavy (non-hydrogen) atoms. The average molecular weight is 445 g/mol. The number of anilines is 1. The third-order valence-corrected chi connectivity index (χ3v) is 5.78. The van der Waals surface area contributed by atoms with Gasteiger partial charge in [-0.3, -0.25) is 4.79 Å². The largest absolute Gasteiger partial charge is 0.487 e. The molecule has 1 amide bonds. The molecule has 0 radical (unpaired) electrons. The molecule has 174 valence electrons. The summed E-state index contributed by atoms with van der Waals surface area (Å²) < 4.78 is 5.97. The van der Waals surface area contributed by atoms with Crippen molar-refractivity contribution in [3.63, 3.8) is 0 Å². The molecule has 0 saturated heterocycles. The van der Waals surface area contributed by atoms with Gasteiger partial charge in [-0.15, -0.1) is 0 Å². The van der Waals surface area contributed by atoms with E-state index in [2.05, 4.69) is 53.5 Å². The molecule has 3 rings (SSSR count). The van der Waals surface area contributed by atoms with Crippen LogP contribution in [0.15, 0.2) is 78.9 Å². The number of amides is 1. The summed E-state index contributed by atoms with van der Waals surface area (Å²) in [6, 6.07) is 26.9. The van der Waals surface area contributed by atoms with Crippen LogP contribution in [0.5, 0.6) is 5.75 Å². The minimum atomic E-state index is 0.473. The summed E-state index contributed by atoms with van der Waals surface area (Å²) in [6.45, 7) is 5.97. The van der Waals surface area contributed by atoms with Crippen molar-refractivity contribution in [3.8, 4) is 5.75 Å². The van der Waals surface area contributed by atoms with Gasteiger partial charge in [-0.05, 0) is 74.0 Å². The molecule has 3 aromatic carbocycles. The van der Waals surface area contributed by atoms with Crippen molar-refractivity contribution in [2.45, 2.75) is 45.6 Å². The molecule has 0 aliphatic rings. The summed E-state index contributed by atoms with van der Waals surface area (Å²) in [7, 11) is 0. The average Bonchev–Trinajstić information content (AvgIpc) is 2.86. The minimum absolute atomic E-state index is 0.473. The van der Waals surface area contributed by atoms with Gasteiger partial charge < -0.3 is 15.0 Å². The quantitative estimate of drug-likeness (QED) is 0.227. The lowest BCUT2D eigenvalue weighted by atomic mass is 10.1. The highest BCUT2D eigenvalue weighted by Gasteiger charge is 2.09. The van der Waals surface area contributed by atoms with E-state index in [0.29, 0.717) is 18.8 Å². The Kier molecular flexibility index (Phi) is 10.5. The second-order valence-electron chi connectivity index (χ2n) is 8.40. The summed E-state index contributed by atoms with van der Waals surface area (Å²) in [5.41, 5.74) is 4.45. The first-order chi connectivity index (χ1) is 16.3. The van der Waals surface area contributed by atoms with Gasteiger partial charge in [-0.1, -0.05) is 73.7 Å². The Morgan fingerprint density at radius 2 is 1.52 bits per heavy atom. The Morgan fingerprint density at radius 3 is 2.21 bits per heavy atom. The Morgan fingerprint density at radius 1 is 0.788 bits per heavy atom. The zero-order chi connectivity index (χ0) is 23.1. The van der Waals surface area contributed by atoms with Crippen LogP contribution in [-0.2, 0) is 24.2 Å². The number of hydrogen-bond donors (Lipinski definition) is 1. The number of hydrogen-bond acceptors (Lipinski definition) is 3. The van der Waals surface area contributed by atoms with Crippen LogP contribution in [0.4, 0.5) is 5.69 Å². The van der Waals surface area contributed by atoms with E-state index in [1.54, 1.807) is 0 Å². The van der Waals surface area contributed by atoms with Crippen LogP contribution in [0.1, 0.15) is 42.9 Å². The maximum absolute atomic E-state index is 11.1. The van der Waals surface area contributed by atoms with E-state index in [-0.39, 0.29) is 0 Å². The van der Waals surface area contributed by atoms with Gasteiger partial charge in [0.25, 0.3) is 0 Å². The molecule has 0 bridgehead atoms. The first-order valence-corrected chi connectivity index (χ1v) is 12.0. The van der Waals surface area contributed by atoms with Crippen molar-refractivity contribution in [1.29, 1.82) is 0 Å². The van der Waals surface area contributed by atoms with Crippen LogP contribution in [0, 0.1) is 0 Å². The predicted octanol–water partition coefficient (Wildman–Crippen LogP) is 6.11. The van der Waals surface area contributed by atoms with Gasteiger partial charge in [-0.25, -0.2) is 0 Å². The second kappa shape index (κ2) is 14.1. The highest BCUT2D eigenvalue weighted by molar-refractivity contribution is 5.75. The first kappa shape index (κ1) is 24.5. The number of nitrogens with zero attached hydrogens (tertiary/aromatic N) is 1. The molecule has 0 aliphatic carbocycles. The molecule has 4 nitrogen and oxygen atoms in total. The van der Waals surface area contributed by atoms with Gasteiger partial charge in [0.15, 0.2) is 0 Å². The fourth-order valence-electron chi connectivity index (χ4n) is 4.02. The van der Waals surface area contributed by atoms with Crippen LogP contribution in [0.2, 0.25) is 0 Å². The fraction of sp³-hybridized carbons (Fsp3) is 0.345. The molecular formula is C29H36N2O2. The molecule has 3 aromatic rings. The Balaban J connectivity index is 1.50. The Labute approximate surface area is 198 Å². The molecule has 1 N–H and O–H groups in total. The standard InChI is InChI=1S/C29H36N2O2/c1-2-19-31(20-10-9-13-25-11-5-3-6-12-25)21-18-26-16-17-29(28(22-26)30-24-32)33-23-27-14-7-4-8-15-27/h3-8,11-12,14-17,22,24H,2,9-10,13,18-21,23H2,1H3,(H,30,32).